The van der Waals surface area contributed by atoms with Gasteiger partial charge in [0, 0.05) is 37.9 Å². The minimum Gasteiger partial charge on any atom is -0.342 e. The lowest BCUT2D eigenvalue weighted by molar-refractivity contribution is -0.115. The quantitative estimate of drug-likeness (QED) is 0.378. The molecule has 1 N–H and O–H groups in total. The lowest BCUT2D eigenvalue weighted by Crippen LogP contribution is -2.35. The maximum atomic E-state index is 13.3. The highest BCUT2D eigenvalue weighted by molar-refractivity contribution is 7.92. The molecule has 0 fully saturated rings. The van der Waals surface area contributed by atoms with Gasteiger partial charge in [-0.1, -0.05) is 36.4 Å². The average molecular weight is 562 g/mol. The van der Waals surface area contributed by atoms with Crippen LogP contribution in [0, 0.1) is 0 Å². The lowest BCUT2D eigenvalue weighted by atomic mass is 9.90. The molecule has 1 atom stereocenters. The molecule has 3 aromatic rings. The molecular formula is C30H35N5O4S. The van der Waals surface area contributed by atoms with E-state index in [1.165, 1.54) is 10.6 Å². The van der Waals surface area contributed by atoms with Crippen molar-refractivity contribution in [2.24, 2.45) is 4.99 Å². The van der Waals surface area contributed by atoms with Crippen molar-refractivity contribution in [2.75, 3.05) is 56.7 Å². The maximum absolute atomic E-state index is 13.3. The number of carbonyl (C=O) groups is 2. The SMILES string of the molecule is CCN(C)C(=O)c1ccc2c(c1)NC(=O)C2C(=Nc1ccc(N(CCN(C)C)S(C)(=O)=O)cc1)c1ccccc1. The normalized spacial score (nSPS) is 15.1. The first-order valence-electron chi connectivity index (χ1n) is 13.1. The molecule has 40 heavy (non-hydrogen) atoms. The summed E-state index contributed by atoms with van der Waals surface area (Å²) in [6.07, 6.45) is 1.19. The highest BCUT2D eigenvalue weighted by Crippen LogP contribution is 2.37. The van der Waals surface area contributed by atoms with Crippen molar-refractivity contribution in [1.29, 1.82) is 0 Å². The van der Waals surface area contributed by atoms with E-state index in [9.17, 15) is 18.0 Å². The Labute approximate surface area is 236 Å². The molecule has 0 bridgehead atoms. The number of fused-ring (bicyclic) bond motifs is 1. The monoisotopic (exact) mass is 561 g/mol. The summed E-state index contributed by atoms with van der Waals surface area (Å²) in [5, 5.41) is 2.93. The number of rotatable bonds is 10. The van der Waals surface area contributed by atoms with E-state index < -0.39 is 15.9 Å². The van der Waals surface area contributed by atoms with E-state index in [0.29, 0.717) is 48.0 Å². The Kier molecular flexibility index (Phi) is 8.70. The van der Waals surface area contributed by atoms with Crippen molar-refractivity contribution in [2.45, 2.75) is 12.8 Å². The third kappa shape index (κ3) is 6.40. The molecule has 0 saturated heterocycles. The fourth-order valence-corrected chi connectivity index (χ4v) is 5.46. The summed E-state index contributed by atoms with van der Waals surface area (Å²) in [5.74, 6) is -1.03. The van der Waals surface area contributed by atoms with Gasteiger partial charge in [0.15, 0.2) is 0 Å². The molecule has 210 valence electrons. The summed E-state index contributed by atoms with van der Waals surface area (Å²) in [5.41, 5.74) is 4.31. The van der Waals surface area contributed by atoms with Crippen molar-refractivity contribution in [3.05, 3.63) is 89.5 Å². The van der Waals surface area contributed by atoms with Gasteiger partial charge in [-0.2, -0.15) is 0 Å². The zero-order valence-corrected chi connectivity index (χ0v) is 24.3. The fourth-order valence-electron chi connectivity index (χ4n) is 4.55. The minimum absolute atomic E-state index is 0.117. The van der Waals surface area contributed by atoms with Crippen molar-refractivity contribution in [3.8, 4) is 0 Å². The number of nitrogens with one attached hydrogen (secondary N) is 1. The number of likely N-dealkylation sites (N-methyl/N-ethyl adjacent to an activating group) is 1. The Morgan fingerprint density at radius 1 is 0.925 bits per heavy atom. The predicted molar refractivity (Wildman–Crippen MR) is 160 cm³/mol. The van der Waals surface area contributed by atoms with Gasteiger partial charge in [0.25, 0.3) is 5.91 Å². The Hall–Kier alpha value is -4.02. The Balaban J connectivity index is 1.73. The van der Waals surface area contributed by atoms with Gasteiger partial charge in [0.1, 0.15) is 5.92 Å². The molecule has 0 radical (unpaired) electrons. The number of sulfonamides is 1. The van der Waals surface area contributed by atoms with Crippen LogP contribution in [0.5, 0.6) is 0 Å². The van der Waals surface area contributed by atoms with Crippen LogP contribution < -0.4 is 9.62 Å². The summed E-state index contributed by atoms with van der Waals surface area (Å²) in [6.45, 7) is 3.37. The van der Waals surface area contributed by atoms with E-state index in [1.807, 2.05) is 62.3 Å². The first-order valence-corrected chi connectivity index (χ1v) is 14.9. The van der Waals surface area contributed by atoms with E-state index >= 15 is 0 Å². The van der Waals surface area contributed by atoms with Crippen molar-refractivity contribution < 1.29 is 18.0 Å². The van der Waals surface area contributed by atoms with Crippen LogP contribution >= 0.6 is 0 Å². The number of benzene rings is 3. The molecule has 3 aromatic carbocycles. The van der Waals surface area contributed by atoms with Gasteiger partial charge in [0.05, 0.1) is 23.3 Å². The van der Waals surface area contributed by atoms with Gasteiger partial charge >= 0.3 is 0 Å². The first kappa shape index (κ1) is 29.0. The third-order valence-electron chi connectivity index (χ3n) is 6.83. The third-order valence-corrected chi connectivity index (χ3v) is 8.03. The van der Waals surface area contributed by atoms with Gasteiger partial charge < -0.3 is 15.1 Å². The van der Waals surface area contributed by atoms with E-state index in [-0.39, 0.29) is 11.8 Å². The van der Waals surface area contributed by atoms with Crippen LogP contribution in [0.3, 0.4) is 0 Å². The number of hydrogen-bond donors (Lipinski definition) is 1. The number of anilines is 2. The van der Waals surface area contributed by atoms with Gasteiger partial charge in [-0.3, -0.25) is 18.9 Å². The molecule has 0 aromatic heterocycles. The smallest absolute Gasteiger partial charge is 0.253 e. The van der Waals surface area contributed by atoms with Crippen molar-refractivity contribution in [1.82, 2.24) is 9.80 Å². The minimum atomic E-state index is -3.47. The molecule has 0 spiro atoms. The number of carbonyl (C=O) groups excluding carboxylic acids is 2. The molecule has 9 nitrogen and oxygen atoms in total. The van der Waals surface area contributed by atoms with E-state index in [2.05, 4.69) is 5.32 Å². The molecule has 2 amide bonds. The van der Waals surface area contributed by atoms with Crippen LogP contribution in [0.2, 0.25) is 0 Å². The number of nitrogens with zero attached hydrogens (tertiary/aromatic N) is 4. The molecule has 0 saturated carbocycles. The maximum Gasteiger partial charge on any atom is 0.253 e. The molecule has 1 aliphatic heterocycles. The van der Waals surface area contributed by atoms with Gasteiger partial charge in [-0.05, 0) is 68.5 Å². The van der Waals surface area contributed by atoms with Crippen LogP contribution in [0.1, 0.15) is 34.3 Å². The van der Waals surface area contributed by atoms with Gasteiger partial charge in [0.2, 0.25) is 15.9 Å². The zero-order chi connectivity index (χ0) is 29.0. The van der Waals surface area contributed by atoms with Gasteiger partial charge in [-0.15, -0.1) is 0 Å². The Morgan fingerprint density at radius 2 is 1.60 bits per heavy atom. The van der Waals surface area contributed by atoms with E-state index in [1.54, 1.807) is 48.3 Å². The van der Waals surface area contributed by atoms with Crippen LogP contribution in [-0.2, 0) is 14.8 Å². The molecular weight excluding hydrogens is 526 g/mol. The molecule has 4 rings (SSSR count). The second-order valence-corrected chi connectivity index (χ2v) is 12.0. The van der Waals surface area contributed by atoms with Crippen molar-refractivity contribution >= 4 is 44.6 Å². The highest BCUT2D eigenvalue weighted by atomic mass is 32.2. The van der Waals surface area contributed by atoms with E-state index in [4.69, 9.17) is 4.99 Å². The molecule has 0 aliphatic carbocycles. The van der Waals surface area contributed by atoms with Gasteiger partial charge in [-0.25, -0.2) is 8.42 Å². The van der Waals surface area contributed by atoms with Crippen LogP contribution in [-0.4, -0.2) is 82.8 Å². The van der Waals surface area contributed by atoms with Crippen molar-refractivity contribution in [3.63, 3.8) is 0 Å². The first-order chi connectivity index (χ1) is 19.0. The topological polar surface area (TPSA) is 102 Å². The zero-order valence-electron chi connectivity index (χ0n) is 23.5. The number of aliphatic imine (C=N–C) groups is 1. The molecule has 1 heterocycles. The summed E-state index contributed by atoms with van der Waals surface area (Å²) < 4.78 is 26.3. The molecule has 1 unspecified atom stereocenters. The standard InChI is InChI=1S/C30H35N5O4S/c1-6-34(4)30(37)22-12-17-25-26(20-22)32-29(36)27(25)28(21-10-8-7-9-11-21)31-23-13-15-24(16-14-23)35(40(5,38)39)19-18-33(2)3/h7-17,20,27H,6,18-19H2,1-5H3,(H,32,36). The van der Waals surface area contributed by atoms with Crippen LogP contribution in [0.25, 0.3) is 0 Å². The predicted octanol–water partition coefficient (Wildman–Crippen LogP) is 3.96. The summed E-state index contributed by atoms with van der Waals surface area (Å²) in [7, 11) is 2.05. The fraction of sp³-hybridized carbons (Fsp3) is 0.300. The van der Waals surface area contributed by atoms with Crippen LogP contribution in [0.15, 0.2) is 77.8 Å². The summed E-state index contributed by atoms with van der Waals surface area (Å²) >= 11 is 0. The van der Waals surface area contributed by atoms with E-state index in [0.717, 1.165) is 11.1 Å². The summed E-state index contributed by atoms with van der Waals surface area (Å²) in [4.78, 5) is 34.5. The second-order valence-electron chi connectivity index (χ2n) is 10.1. The number of hydrogen-bond acceptors (Lipinski definition) is 6. The lowest BCUT2D eigenvalue weighted by Gasteiger charge is -2.24. The molecule has 1 aliphatic rings. The highest BCUT2D eigenvalue weighted by Gasteiger charge is 2.36. The van der Waals surface area contributed by atoms with Crippen LogP contribution in [0.4, 0.5) is 17.1 Å². The second kappa shape index (κ2) is 12.0. The number of amides is 2. The largest absolute Gasteiger partial charge is 0.342 e. The summed E-state index contributed by atoms with van der Waals surface area (Å²) in [6, 6.07) is 21.7. The Bertz CT molecular complexity index is 1520. The Morgan fingerprint density at radius 3 is 2.20 bits per heavy atom. The average Bonchev–Trinajstić information content (AvgIpc) is 3.25. The molecule has 10 heteroatoms.